The van der Waals surface area contributed by atoms with E-state index in [0.717, 1.165) is 32.5 Å². The average Bonchev–Trinajstić information content (AvgIpc) is 3.10. The third kappa shape index (κ3) is 4.60. The minimum atomic E-state index is 0.0409. The molecular weight excluding hydrogens is 296 g/mol. The van der Waals surface area contributed by atoms with Crippen LogP contribution < -0.4 is 10.2 Å². The van der Waals surface area contributed by atoms with Gasteiger partial charge in [0.2, 0.25) is 0 Å². The van der Waals surface area contributed by atoms with E-state index in [-0.39, 0.29) is 17.4 Å². The van der Waals surface area contributed by atoms with Crippen LogP contribution in [0.15, 0.2) is 30.3 Å². The lowest BCUT2D eigenvalue weighted by Crippen LogP contribution is -3.16. The molecule has 1 saturated carbocycles. The molecule has 3 heteroatoms. The molecular formula is C21H35N2O+. The van der Waals surface area contributed by atoms with E-state index in [4.69, 9.17) is 0 Å². The third-order valence-electron chi connectivity index (χ3n) is 5.70. The summed E-state index contributed by atoms with van der Waals surface area (Å²) in [6.07, 6.45) is 7.16. The van der Waals surface area contributed by atoms with Crippen LogP contribution in [0.3, 0.4) is 0 Å². The summed E-state index contributed by atoms with van der Waals surface area (Å²) in [7, 11) is 0. The molecule has 1 amide bonds. The van der Waals surface area contributed by atoms with Crippen LogP contribution in [-0.2, 0) is 10.2 Å². The lowest BCUT2D eigenvalue weighted by molar-refractivity contribution is -0.914. The Morgan fingerprint density at radius 1 is 1.12 bits per heavy atom. The molecule has 2 N–H and O–H groups in total. The van der Waals surface area contributed by atoms with E-state index in [1.807, 2.05) is 0 Å². The van der Waals surface area contributed by atoms with Gasteiger partial charge in [-0.2, -0.15) is 0 Å². The van der Waals surface area contributed by atoms with Crippen LogP contribution in [0.2, 0.25) is 0 Å². The molecule has 0 spiro atoms. The summed E-state index contributed by atoms with van der Waals surface area (Å²) in [5.74, 6) is 0.217. The van der Waals surface area contributed by atoms with Gasteiger partial charge < -0.3 is 10.2 Å². The van der Waals surface area contributed by atoms with Crippen LogP contribution >= 0.6 is 0 Å². The van der Waals surface area contributed by atoms with Crippen molar-refractivity contribution in [1.29, 1.82) is 0 Å². The predicted molar refractivity (Wildman–Crippen MR) is 100 cm³/mol. The number of rotatable bonds is 9. The average molecular weight is 332 g/mol. The highest BCUT2D eigenvalue weighted by molar-refractivity contribution is 5.80. The first-order valence-electron chi connectivity index (χ1n) is 9.81. The highest BCUT2D eigenvalue weighted by atomic mass is 16.2. The largest absolute Gasteiger partial charge is 0.350 e. The number of carbonyl (C=O) groups excluding carboxylic acids is 1. The van der Waals surface area contributed by atoms with E-state index in [9.17, 15) is 4.79 Å². The van der Waals surface area contributed by atoms with Gasteiger partial charge >= 0.3 is 0 Å². The Kier molecular flexibility index (Phi) is 7.29. The Balaban J connectivity index is 2.00. The minimum Gasteiger partial charge on any atom is -0.350 e. The quantitative estimate of drug-likeness (QED) is 0.717. The highest BCUT2D eigenvalue weighted by Crippen LogP contribution is 2.40. The van der Waals surface area contributed by atoms with Gasteiger partial charge in [-0.25, -0.2) is 0 Å². The van der Waals surface area contributed by atoms with Crippen molar-refractivity contribution in [2.45, 2.75) is 70.8 Å². The van der Waals surface area contributed by atoms with Crippen molar-refractivity contribution in [3.8, 4) is 0 Å². The highest BCUT2D eigenvalue weighted by Gasteiger charge is 2.36. The summed E-state index contributed by atoms with van der Waals surface area (Å²) in [6.45, 7) is 9.41. The maximum absolute atomic E-state index is 12.7. The summed E-state index contributed by atoms with van der Waals surface area (Å²) >= 11 is 0. The molecule has 1 aromatic carbocycles. The lowest BCUT2D eigenvalue weighted by atomic mass is 9.79. The zero-order chi connectivity index (χ0) is 17.4. The summed E-state index contributed by atoms with van der Waals surface area (Å²) in [5.41, 5.74) is 1.54. The van der Waals surface area contributed by atoms with Gasteiger partial charge in [-0.15, -0.1) is 0 Å². The van der Waals surface area contributed by atoms with Gasteiger partial charge in [0.15, 0.2) is 6.04 Å². The van der Waals surface area contributed by atoms with Gasteiger partial charge in [0.05, 0.1) is 13.1 Å². The smallest absolute Gasteiger partial charge is 0.278 e. The van der Waals surface area contributed by atoms with Crippen molar-refractivity contribution in [2.75, 3.05) is 19.6 Å². The Hall–Kier alpha value is -1.35. The van der Waals surface area contributed by atoms with Crippen molar-refractivity contribution in [2.24, 2.45) is 0 Å². The Labute approximate surface area is 147 Å². The minimum absolute atomic E-state index is 0.0409. The molecule has 1 aliphatic carbocycles. The lowest BCUT2D eigenvalue weighted by Gasteiger charge is -2.31. The summed E-state index contributed by atoms with van der Waals surface area (Å²) in [6, 6.07) is 10.8. The van der Waals surface area contributed by atoms with E-state index in [1.54, 1.807) is 0 Å². The second kappa shape index (κ2) is 9.22. The van der Waals surface area contributed by atoms with E-state index in [1.165, 1.54) is 36.1 Å². The Bertz CT molecular complexity index is 488. The fraction of sp³-hybridized carbons (Fsp3) is 0.667. The maximum Gasteiger partial charge on any atom is 0.278 e. The molecule has 134 valence electrons. The molecule has 1 atom stereocenters. The molecule has 0 aliphatic heterocycles. The molecule has 0 heterocycles. The van der Waals surface area contributed by atoms with Crippen molar-refractivity contribution in [3.05, 3.63) is 35.9 Å². The van der Waals surface area contributed by atoms with Gasteiger partial charge in [0.1, 0.15) is 0 Å². The van der Waals surface area contributed by atoms with E-state index < -0.39 is 0 Å². The zero-order valence-corrected chi connectivity index (χ0v) is 15.7. The van der Waals surface area contributed by atoms with Crippen molar-refractivity contribution in [1.82, 2.24) is 5.32 Å². The van der Waals surface area contributed by atoms with Crippen LogP contribution in [0.5, 0.6) is 0 Å². The van der Waals surface area contributed by atoms with Crippen molar-refractivity contribution >= 4 is 5.91 Å². The molecule has 1 aromatic rings. The number of quaternary nitrogens is 1. The molecule has 24 heavy (non-hydrogen) atoms. The summed E-state index contributed by atoms with van der Waals surface area (Å²) < 4.78 is 0. The van der Waals surface area contributed by atoms with E-state index in [0.29, 0.717) is 0 Å². The number of hydrogen-bond acceptors (Lipinski definition) is 1. The first-order valence-corrected chi connectivity index (χ1v) is 9.81. The van der Waals surface area contributed by atoms with Crippen molar-refractivity contribution in [3.63, 3.8) is 0 Å². The monoisotopic (exact) mass is 331 g/mol. The SMILES string of the molecule is CCC[NH+](CCC)[C@H](C)C(=O)NCC1(c2ccccc2)CCCC1. The van der Waals surface area contributed by atoms with Crippen LogP contribution in [-0.4, -0.2) is 31.6 Å². The number of nitrogens with one attached hydrogen (secondary N) is 2. The number of hydrogen-bond donors (Lipinski definition) is 2. The summed E-state index contributed by atoms with van der Waals surface area (Å²) in [4.78, 5) is 14.1. The molecule has 0 unspecified atom stereocenters. The fourth-order valence-electron chi connectivity index (χ4n) is 4.21. The standard InChI is InChI=1S/C21H34N2O/c1-4-15-23(16-5-2)18(3)20(24)22-17-21(13-9-10-14-21)19-11-7-6-8-12-19/h6-8,11-12,18H,4-5,9-10,13-17H2,1-3H3,(H,22,24)/p+1/t18-/m1/s1. The van der Waals surface area contributed by atoms with Crippen LogP contribution in [0.4, 0.5) is 0 Å². The third-order valence-corrected chi connectivity index (χ3v) is 5.70. The molecule has 0 saturated heterocycles. The summed E-state index contributed by atoms with van der Waals surface area (Å²) in [5, 5.41) is 3.30. The normalized spacial score (nSPS) is 17.8. The van der Waals surface area contributed by atoms with Crippen LogP contribution in [0, 0.1) is 0 Å². The molecule has 3 nitrogen and oxygen atoms in total. The maximum atomic E-state index is 12.7. The second-order valence-corrected chi connectivity index (χ2v) is 7.45. The second-order valence-electron chi connectivity index (χ2n) is 7.45. The number of carbonyl (C=O) groups is 1. The first-order chi connectivity index (χ1) is 11.6. The van der Waals surface area contributed by atoms with Gasteiger partial charge in [-0.1, -0.05) is 57.0 Å². The molecule has 0 bridgehead atoms. The molecule has 0 aromatic heterocycles. The first kappa shape index (κ1) is 19.0. The van der Waals surface area contributed by atoms with Crippen molar-refractivity contribution < 1.29 is 9.69 Å². The fourth-order valence-corrected chi connectivity index (χ4v) is 4.21. The number of benzene rings is 1. The topological polar surface area (TPSA) is 33.5 Å². The van der Waals surface area contributed by atoms with Gasteiger partial charge in [0, 0.05) is 12.0 Å². The molecule has 0 radical (unpaired) electrons. The van der Waals surface area contributed by atoms with Crippen LogP contribution in [0.1, 0.15) is 64.9 Å². The van der Waals surface area contributed by atoms with E-state index in [2.05, 4.69) is 56.4 Å². The molecule has 1 fully saturated rings. The van der Waals surface area contributed by atoms with Gasteiger partial charge in [-0.05, 0) is 38.2 Å². The number of amides is 1. The van der Waals surface area contributed by atoms with Gasteiger partial charge in [0.25, 0.3) is 5.91 Å². The molecule has 2 rings (SSSR count). The zero-order valence-electron chi connectivity index (χ0n) is 15.7. The predicted octanol–water partition coefficient (Wildman–Crippen LogP) is 2.71. The van der Waals surface area contributed by atoms with Crippen LogP contribution in [0.25, 0.3) is 0 Å². The van der Waals surface area contributed by atoms with E-state index >= 15 is 0 Å². The Morgan fingerprint density at radius 3 is 2.25 bits per heavy atom. The molecule has 1 aliphatic rings. The van der Waals surface area contributed by atoms with Gasteiger partial charge in [-0.3, -0.25) is 4.79 Å². The Morgan fingerprint density at radius 2 is 1.71 bits per heavy atom.